The number of nitrogens with one attached hydrogen (secondary N) is 2. The van der Waals surface area contributed by atoms with Gasteiger partial charge in [0, 0.05) is 36.1 Å². The van der Waals surface area contributed by atoms with Crippen molar-refractivity contribution < 1.29 is 29.0 Å². The zero-order valence-electron chi connectivity index (χ0n) is 24.0. The van der Waals surface area contributed by atoms with Gasteiger partial charge < -0.3 is 25.4 Å². The predicted molar refractivity (Wildman–Crippen MR) is 165 cm³/mol. The van der Waals surface area contributed by atoms with Crippen molar-refractivity contribution >= 4 is 52.6 Å². The Morgan fingerprint density at radius 1 is 1.00 bits per heavy atom. The zero-order valence-corrected chi connectivity index (χ0v) is 25.5. The van der Waals surface area contributed by atoms with Crippen molar-refractivity contribution in [3.05, 3.63) is 87.7 Å². The van der Waals surface area contributed by atoms with Crippen molar-refractivity contribution in [1.82, 2.24) is 15.2 Å². The molecule has 44 heavy (non-hydrogen) atoms. The number of ether oxygens (including phenoxy) is 1. The predicted octanol–water partition coefficient (Wildman–Crippen LogP) is 4.77. The van der Waals surface area contributed by atoms with E-state index in [0.29, 0.717) is 17.0 Å². The summed E-state index contributed by atoms with van der Waals surface area (Å²) in [5, 5.41) is 15.6. The summed E-state index contributed by atoms with van der Waals surface area (Å²) in [4.78, 5) is 57.7. The molecule has 230 valence electrons. The molecule has 3 aliphatic rings. The largest absolute Gasteiger partial charge is 0.496 e. The van der Waals surface area contributed by atoms with Gasteiger partial charge in [0.05, 0.1) is 29.1 Å². The number of rotatable bonds is 10. The molecule has 0 spiro atoms. The van der Waals surface area contributed by atoms with E-state index < -0.39 is 29.9 Å². The number of fused-ring (bicyclic) bond motifs is 3. The van der Waals surface area contributed by atoms with Crippen LogP contribution in [0, 0.1) is 5.92 Å². The number of para-hydroxylation sites is 1. The van der Waals surface area contributed by atoms with Crippen LogP contribution >= 0.6 is 23.2 Å². The topological polar surface area (TPSA) is 138 Å². The summed E-state index contributed by atoms with van der Waals surface area (Å²) in [7, 11) is 1.55. The quantitative estimate of drug-likeness (QED) is 0.291. The summed E-state index contributed by atoms with van der Waals surface area (Å²) in [5.74, 6) is -1.78. The van der Waals surface area contributed by atoms with E-state index >= 15 is 0 Å². The van der Waals surface area contributed by atoms with E-state index in [1.165, 1.54) is 12.4 Å². The van der Waals surface area contributed by atoms with Crippen molar-refractivity contribution in [3.63, 3.8) is 0 Å². The third kappa shape index (κ3) is 6.81. The minimum atomic E-state index is -1.22. The maximum atomic E-state index is 13.7. The Hall–Kier alpha value is -4.15. The highest BCUT2D eigenvalue weighted by molar-refractivity contribution is 6.40. The SMILES string of the molecule is COc1ccccc1CC(=O)N1C2CCC(CC2)C1C(=O)NC(Cc1ccc(NC(=O)c2c(Cl)cncc2Cl)cc1)C(=O)O. The van der Waals surface area contributed by atoms with E-state index in [1.54, 1.807) is 42.3 Å². The molecule has 3 fully saturated rings. The van der Waals surface area contributed by atoms with Gasteiger partial charge in [-0.25, -0.2) is 4.79 Å². The van der Waals surface area contributed by atoms with Crippen LogP contribution in [0.1, 0.15) is 47.2 Å². The van der Waals surface area contributed by atoms with Crippen molar-refractivity contribution in [3.8, 4) is 5.75 Å². The molecular weight excluding hydrogens is 607 g/mol. The zero-order chi connectivity index (χ0) is 31.4. The third-order valence-corrected chi connectivity index (χ3v) is 8.89. The number of carboxylic acid groups (broad SMARTS) is 1. The van der Waals surface area contributed by atoms with Gasteiger partial charge >= 0.3 is 5.97 Å². The van der Waals surface area contributed by atoms with E-state index in [1.807, 2.05) is 18.2 Å². The van der Waals surface area contributed by atoms with Crippen molar-refractivity contribution in [2.24, 2.45) is 5.92 Å². The smallest absolute Gasteiger partial charge is 0.326 e. The van der Waals surface area contributed by atoms with Gasteiger partial charge in [-0.2, -0.15) is 0 Å². The van der Waals surface area contributed by atoms with Crippen LogP contribution in [-0.2, 0) is 27.2 Å². The normalized spacial score (nSPS) is 19.6. The van der Waals surface area contributed by atoms with E-state index in [9.17, 15) is 24.3 Å². The number of benzene rings is 2. The molecular formula is C32H32Cl2N4O6. The lowest BCUT2D eigenvalue weighted by Gasteiger charge is -2.50. The molecule has 10 nitrogen and oxygen atoms in total. The first kappa shape index (κ1) is 31.3. The Morgan fingerprint density at radius 3 is 2.30 bits per heavy atom. The molecule has 3 aromatic rings. The molecule has 6 rings (SSSR count). The molecule has 1 saturated carbocycles. The molecule has 12 heteroatoms. The minimum absolute atomic E-state index is 0.00723. The first-order valence-electron chi connectivity index (χ1n) is 14.3. The van der Waals surface area contributed by atoms with Crippen LogP contribution in [0.3, 0.4) is 0 Å². The van der Waals surface area contributed by atoms with Gasteiger partial charge in [0.15, 0.2) is 0 Å². The van der Waals surface area contributed by atoms with E-state index in [-0.39, 0.29) is 46.3 Å². The number of aliphatic carboxylic acids is 1. The van der Waals surface area contributed by atoms with Gasteiger partial charge in [-0.3, -0.25) is 19.4 Å². The number of carbonyl (C=O) groups excluding carboxylic acids is 3. The van der Waals surface area contributed by atoms with Crippen LogP contribution in [0.5, 0.6) is 5.75 Å². The fourth-order valence-electron chi connectivity index (χ4n) is 6.19. The van der Waals surface area contributed by atoms with Gasteiger partial charge in [-0.05, 0) is 55.4 Å². The number of piperidine rings is 2. The van der Waals surface area contributed by atoms with Gasteiger partial charge in [0.25, 0.3) is 5.91 Å². The fourth-order valence-corrected chi connectivity index (χ4v) is 6.73. The average molecular weight is 640 g/mol. The number of pyridine rings is 1. The Kier molecular flexibility index (Phi) is 9.71. The molecule has 2 bridgehead atoms. The molecule has 2 aliphatic heterocycles. The van der Waals surface area contributed by atoms with E-state index in [2.05, 4.69) is 15.6 Å². The highest BCUT2D eigenvalue weighted by Gasteiger charge is 2.48. The Morgan fingerprint density at radius 2 is 1.66 bits per heavy atom. The van der Waals surface area contributed by atoms with Crippen LogP contribution < -0.4 is 15.4 Å². The number of hydrogen-bond acceptors (Lipinski definition) is 6. The molecule has 2 atom stereocenters. The summed E-state index contributed by atoms with van der Waals surface area (Å²) < 4.78 is 5.41. The van der Waals surface area contributed by atoms with Crippen LogP contribution in [-0.4, -0.2) is 63.9 Å². The van der Waals surface area contributed by atoms with Crippen molar-refractivity contribution in [1.29, 1.82) is 0 Å². The van der Waals surface area contributed by atoms with E-state index in [0.717, 1.165) is 31.2 Å². The molecule has 3 heterocycles. The Balaban J connectivity index is 1.26. The second-order valence-corrected chi connectivity index (χ2v) is 11.9. The number of methoxy groups -OCH3 is 1. The number of anilines is 1. The highest BCUT2D eigenvalue weighted by Crippen LogP contribution is 2.40. The first-order chi connectivity index (χ1) is 21.2. The van der Waals surface area contributed by atoms with Gasteiger partial charge in [-0.1, -0.05) is 53.5 Å². The number of nitrogens with zero attached hydrogens (tertiary/aromatic N) is 2. The molecule has 1 aliphatic carbocycles. The molecule has 3 N–H and O–H groups in total. The highest BCUT2D eigenvalue weighted by atomic mass is 35.5. The molecule has 1 aromatic heterocycles. The Labute approximate surface area is 264 Å². The van der Waals surface area contributed by atoms with Gasteiger partial charge in [0.2, 0.25) is 11.8 Å². The number of hydrogen-bond donors (Lipinski definition) is 3. The van der Waals surface area contributed by atoms with Crippen molar-refractivity contribution in [2.45, 2.75) is 56.7 Å². The molecule has 2 aromatic carbocycles. The second-order valence-electron chi connectivity index (χ2n) is 11.0. The lowest BCUT2D eigenvalue weighted by atomic mass is 9.74. The Bertz CT molecular complexity index is 1540. The van der Waals surface area contributed by atoms with Crippen LogP contribution in [0.25, 0.3) is 0 Å². The molecule has 2 saturated heterocycles. The monoisotopic (exact) mass is 638 g/mol. The number of amides is 3. The lowest BCUT2D eigenvalue weighted by molar-refractivity contribution is -0.154. The standard InChI is InChI=1S/C32H32Cl2N4O6/c1-44-26-5-3-2-4-20(26)15-27(39)38-22-12-8-19(9-13-22)29(38)31(41)37-25(32(42)43)14-18-6-10-21(11-7-18)36-30(40)28-23(33)16-35-17-24(28)34/h2-7,10-11,16-17,19,22,25,29H,8-9,12-15H2,1H3,(H,36,40)(H,37,41)(H,42,43). The number of aromatic nitrogens is 1. The maximum absolute atomic E-state index is 13.7. The number of halogens is 2. The maximum Gasteiger partial charge on any atom is 0.326 e. The summed E-state index contributed by atoms with van der Waals surface area (Å²) >= 11 is 12.1. The van der Waals surface area contributed by atoms with Crippen LogP contribution in [0.15, 0.2) is 60.9 Å². The average Bonchev–Trinajstić information content (AvgIpc) is 3.01. The summed E-state index contributed by atoms with van der Waals surface area (Å²) in [6.07, 6.45) is 5.98. The van der Waals surface area contributed by atoms with Crippen LogP contribution in [0.2, 0.25) is 10.0 Å². The number of carbonyl (C=O) groups is 4. The van der Waals surface area contributed by atoms with Crippen molar-refractivity contribution in [2.75, 3.05) is 12.4 Å². The fraction of sp³-hybridized carbons (Fsp3) is 0.344. The summed E-state index contributed by atoms with van der Waals surface area (Å²) in [5.41, 5.74) is 1.90. The number of carboxylic acids is 1. The molecule has 3 amide bonds. The summed E-state index contributed by atoms with van der Waals surface area (Å²) in [6.45, 7) is 0. The lowest BCUT2D eigenvalue weighted by Crippen LogP contribution is -2.64. The van der Waals surface area contributed by atoms with E-state index in [4.69, 9.17) is 27.9 Å². The molecule has 0 radical (unpaired) electrons. The summed E-state index contributed by atoms with van der Waals surface area (Å²) in [6, 6.07) is 11.8. The van der Waals surface area contributed by atoms with Gasteiger partial charge in [0.1, 0.15) is 17.8 Å². The van der Waals surface area contributed by atoms with Crippen LogP contribution in [0.4, 0.5) is 5.69 Å². The third-order valence-electron chi connectivity index (χ3n) is 8.32. The first-order valence-corrected chi connectivity index (χ1v) is 15.1. The second kappa shape index (κ2) is 13.7. The van der Waals surface area contributed by atoms with Gasteiger partial charge in [-0.15, -0.1) is 0 Å². The molecule has 2 unspecified atom stereocenters. The minimum Gasteiger partial charge on any atom is -0.496 e.